The van der Waals surface area contributed by atoms with Crippen molar-refractivity contribution in [3.63, 3.8) is 0 Å². The molecule has 0 spiro atoms. The molecule has 5 heteroatoms. The zero-order valence-electron chi connectivity index (χ0n) is 15.7. The van der Waals surface area contributed by atoms with Crippen LogP contribution in [0.4, 0.5) is 0 Å². The maximum atomic E-state index is 12.4. The number of aromatic nitrogens is 2. The summed E-state index contributed by atoms with van der Waals surface area (Å²) < 4.78 is 5.45. The van der Waals surface area contributed by atoms with Gasteiger partial charge in [0.2, 0.25) is 0 Å². The number of H-pyrrole nitrogens is 1. The first-order chi connectivity index (χ1) is 13.2. The van der Waals surface area contributed by atoms with Crippen molar-refractivity contribution in [2.75, 3.05) is 6.61 Å². The molecule has 1 heterocycles. The van der Waals surface area contributed by atoms with Crippen molar-refractivity contribution in [2.24, 2.45) is 0 Å². The third-order valence-corrected chi connectivity index (χ3v) is 4.37. The summed E-state index contributed by atoms with van der Waals surface area (Å²) >= 11 is 0. The predicted octanol–water partition coefficient (Wildman–Crippen LogP) is 4.23. The number of hydrogen-bond acceptors (Lipinski definition) is 3. The number of amides is 1. The lowest BCUT2D eigenvalue weighted by Crippen LogP contribution is -2.33. The topological polar surface area (TPSA) is 67.0 Å². The Morgan fingerprint density at radius 3 is 2.59 bits per heavy atom. The van der Waals surface area contributed by atoms with E-state index in [1.807, 2.05) is 56.3 Å². The predicted molar refractivity (Wildman–Crippen MR) is 107 cm³/mol. The average Bonchev–Trinajstić information content (AvgIpc) is 3.18. The fourth-order valence-electron chi connectivity index (χ4n) is 2.88. The molecule has 1 amide bonds. The molecule has 0 aliphatic carbocycles. The first-order valence-electron chi connectivity index (χ1n) is 9.29. The van der Waals surface area contributed by atoms with Gasteiger partial charge in [-0.05, 0) is 62.6 Å². The van der Waals surface area contributed by atoms with Crippen LogP contribution in [0.25, 0.3) is 11.3 Å². The fraction of sp³-hybridized carbons (Fsp3) is 0.273. The number of hydrogen-bond donors (Lipinski definition) is 2. The maximum absolute atomic E-state index is 12.4. The molecule has 0 aliphatic heterocycles. The molecule has 2 aromatic carbocycles. The second-order valence-electron chi connectivity index (χ2n) is 6.52. The van der Waals surface area contributed by atoms with Crippen LogP contribution < -0.4 is 10.1 Å². The molecular formula is C22H25N3O2. The summed E-state index contributed by atoms with van der Waals surface area (Å²) in [4.78, 5) is 12.4. The fourth-order valence-corrected chi connectivity index (χ4v) is 2.88. The van der Waals surface area contributed by atoms with E-state index in [0.717, 1.165) is 29.8 Å². The van der Waals surface area contributed by atoms with Crippen LogP contribution in [-0.4, -0.2) is 28.8 Å². The monoisotopic (exact) mass is 363 g/mol. The van der Waals surface area contributed by atoms with Gasteiger partial charge in [-0.25, -0.2) is 0 Å². The van der Waals surface area contributed by atoms with Gasteiger partial charge < -0.3 is 10.1 Å². The zero-order chi connectivity index (χ0) is 19.1. The number of aryl methyl sites for hydroxylation is 1. The number of ether oxygens (including phenoxy) is 1. The number of carbonyl (C=O) groups excluding carboxylic acids is 1. The summed E-state index contributed by atoms with van der Waals surface area (Å²) in [6.45, 7) is 4.60. The van der Waals surface area contributed by atoms with Crippen LogP contribution in [0.2, 0.25) is 0 Å². The number of nitrogens with zero attached hydrogens (tertiary/aromatic N) is 1. The summed E-state index contributed by atoms with van der Waals surface area (Å²) in [5.74, 6) is 0.683. The van der Waals surface area contributed by atoms with E-state index in [9.17, 15) is 4.79 Å². The highest BCUT2D eigenvalue weighted by Crippen LogP contribution is 2.21. The molecule has 0 saturated heterocycles. The van der Waals surface area contributed by atoms with Crippen molar-refractivity contribution in [1.29, 1.82) is 0 Å². The molecule has 3 rings (SSSR count). The Morgan fingerprint density at radius 2 is 1.89 bits per heavy atom. The van der Waals surface area contributed by atoms with Gasteiger partial charge in [-0.3, -0.25) is 9.89 Å². The van der Waals surface area contributed by atoms with Gasteiger partial charge in [-0.15, -0.1) is 0 Å². The molecule has 3 aromatic rings. The van der Waals surface area contributed by atoms with Crippen LogP contribution in [0.3, 0.4) is 0 Å². The van der Waals surface area contributed by atoms with Crippen LogP contribution in [-0.2, 0) is 6.42 Å². The molecule has 2 N–H and O–H groups in total. The average molecular weight is 363 g/mol. The molecule has 0 fully saturated rings. The first kappa shape index (κ1) is 18.7. The van der Waals surface area contributed by atoms with E-state index < -0.39 is 0 Å². The molecular weight excluding hydrogens is 338 g/mol. The van der Waals surface area contributed by atoms with E-state index in [4.69, 9.17) is 4.74 Å². The lowest BCUT2D eigenvalue weighted by atomic mass is 10.1. The Bertz CT molecular complexity index is 857. The van der Waals surface area contributed by atoms with Gasteiger partial charge in [-0.1, -0.05) is 30.3 Å². The van der Waals surface area contributed by atoms with E-state index in [1.54, 1.807) is 6.07 Å². The Kier molecular flexibility index (Phi) is 6.26. The molecule has 0 bridgehead atoms. The standard InChI is InChI=1S/C22H25N3O2/c1-3-27-19-13-11-18(12-14-19)20-15-21(25-24-20)22(26)23-16(2)9-10-17-7-5-4-6-8-17/h4-8,11-16H,3,9-10H2,1-2H3,(H,23,26)(H,24,25). The number of nitrogens with one attached hydrogen (secondary N) is 2. The maximum Gasteiger partial charge on any atom is 0.269 e. The molecule has 0 saturated carbocycles. The van der Waals surface area contributed by atoms with Crippen molar-refractivity contribution >= 4 is 5.91 Å². The SMILES string of the molecule is CCOc1ccc(-c2cc(C(=O)NC(C)CCc3ccccc3)[nH]n2)cc1. The second-order valence-corrected chi connectivity index (χ2v) is 6.52. The van der Waals surface area contributed by atoms with E-state index >= 15 is 0 Å². The highest BCUT2D eigenvalue weighted by molar-refractivity contribution is 5.93. The summed E-state index contributed by atoms with van der Waals surface area (Å²) in [5.41, 5.74) is 3.41. The third kappa shape index (κ3) is 5.20. The number of carbonyl (C=O) groups is 1. The lowest BCUT2D eigenvalue weighted by Gasteiger charge is -2.13. The minimum Gasteiger partial charge on any atom is -0.494 e. The van der Waals surface area contributed by atoms with Gasteiger partial charge in [0.05, 0.1) is 12.3 Å². The number of benzene rings is 2. The summed E-state index contributed by atoms with van der Waals surface area (Å²) in [6, 6.07) is 19.8. The molecule has 140 valence electrons. The minimum atomic E-state index is -0.139. The van der Waals surface area contributed by atoms with Gasteiger partial charge in [0.25, 0.3) is 5.91 Å². The lowest BCUT2D eigenvalue weighted by molar-refractivity contribution is 0.0933. The van der Waals surface area contributed by atoms with Gasteiger partial charge in [0.15, 0.2) is 0 Å². The van der Waals surface area contributed by atoms with Gasteiger partial charge in [0.1, 0.15) is 11.4 Å². The smallest absolute Gasteiger partial charge is 0.269 e. The Morgan fingerprint density at radius 1 is 1.15 bits per heavy atom. The van der Waals surface area contributed by atoms with Crippen LogP contribution in [0.1, 0.15) is 36.3 Å². The Hall–Kier alpha value is -3.08. The Labute approximate surface area is 159 Å². The summed E-state index contributed by atoms with van der Waals surface area (Å²) in [7, 11) is 0. The second kappa shape index (κ2) is 9.03. The zero-order valence-corrected chi connectivity index (χ0v) is 15.7. The molecule has 0 radical (unpaired) electrons. The van der Waals surface area contributed by atoms with Crippen molar-refractivity contribution < 1.29 is 9.53 Å². The van der Waals surface area contributed by atoms with E-state index in [1.165, 1.54) is 5.56 Å². The normalized spacial score (nSPS) is 11.8. The van der Waals surface area contributed by atoms with Crippen LogP contribution in [0.5, 0.6) is 5.75 Å². The van der Waals surface area contributed by atoms with Crippen molar-refractivity contribution in [1.82, 2.24) is 15.5 Å². The minimum absolute atomic E-state index is 0.0786. The molecule has 1 unspecified atom stereocenters. The largest absolute Gasteiger partial charge is 0.494 e. The van der Waals surface area contributed by atoms with Crippen LogP contribution in [0.15, 0.2) is 60.7 Å². The van der Waals surface area contributed by atoms with Gasteiger partial charge in [-0.2, -0.15) is 5.10 Å². The number of aromatic amines is 1. The van der Waals surface area contributed by atoms with Crippen LogP contribution in [0, 0.1) is 0 Å². The van der Waals surface area contributed by atoms with Crippen LogP contribution >= 0.6 is 0 Å². The van der Waals surface area contributed by atoms with E-state index in [2.05, 4.69) is 27.6 Å². The van der Waals surface area contributed by atoms with E-state index in [-0.39, 0.29) is 11.9 Å². The summed E-state index contributed by atoms with van der Waals surface area (Å²) in [6.07, 6.45) is 1.82. The highest BCUT2D eigenvalue weighted by Gasteiger charge is 2.13. The van der Waals surface area contributed by atoms with Gasteiger partial charge in [0, 0.05) is 11.6 Å². The highest BCUT2D eigenvalue weighted by atomic mass is 16.5. The molecule has 1 aromatic heterocycles. The quantitative estimate of drug-likeness (QED) is 0.629. The van der Waals surface area contributed by atoms with Crippen molar-refractivity contribution in [2.45, 2.75) is 32.7 Å². The Balaban J connectivity index is 1.56. The number of rotatable bonds is 8. The molecule has 5 nitrogen and oxygen atoms in total. The van der Waals surface area contributed by atoms with E-state index in [0.29, 0.717) is 12.3 Å². The molecule has 0 aliphatic rings. The van der Waals surface area contributed by atoms with Crippen molar-refractivity contribution in [3.8, 4) is 17.0 Å². The molecule has 1 atom stereocenters. The molecule has 27 heavy (non-hydrogen) atoms. The summed E-state index contributed by atoms with van der Waals surface area (Å²) in [5, 5.41) is 10.1. The first-order valence-corrected chi connectivity index (χ1v) is 9.29. The van der Waals surface area contributed by atoms with Crippen molar-refractivity contribution in [3.05, 3.63) is 71.9 Å². The third-order valence-electron chi connectivity index (χ3n) is 4.37. The van der Waals surface area contributed by atoms with Gasteiger partial charge >= 0.3 is 0 Å².